The highest BCUT2D eigenvalue weighted by Crippen LogP contribution is 2.36. The fourth-order valence-corrected chi connectivity index (χ4v) is 7.45. The molecule has 0 bridgehead atoms. The fraction of sp³-hybridized carbons (Fsp3) is 0.956. The lowest BCUT2D eigenvalue weighted by Gasteiger charge is -2.37. The molecule has 0 saturated carbocycles. The minimum Gasteiger partial charge on any atom is -0.462 e. The molecule has 304 valence electrons. The van der Waals surface area contributed by atoms with Gasteiger partial charge in [0.2, 0.25) is 0 Å². The van der Waals surface area contributed by atoms with E-state index in [0.29, 0.717) is 12.8 Å². The number of ether oxygens (including phenoxy) is 2. The Morgan fingerprint density at radius 3 is 1.06 bits per heavy atom. The molecule has 0 aliphatic heterocycles. The van der Waals surface area contributed by atoms with Gasteiger partial charge in [-0.2, -0.15) is 0 Å². The highest BCUT2D eigenvalue weighted by Gasteiger charge is 2.38. The zero-order valence-corrected chi connectivity index (χ0v) is 36.7. The Kier molecular flexibility index (Phi) is 34.3. The number of carbonyl (C=O) groups excluding carboxylic acids is 2. The van der Waals surface area contributed by atoms with Crippen molar-refractivity contribution in [3.63, 3.8) is 0 Å². The molecule has 0 aliphatic rings. The first-order valence-corrected chi connectivity index (χ1v) is 25.4. The predicted octanol–water partition coefficient (Wildman–Crippen LogP) is 15.0. The maximum absolute atomic E-state index is 12.8. The third kappa shape index (κ3) is 33.4. The van der Waals surface area contributed by atoms with Gasteiger partial charge in [0.1, 0.15) is 6.61 Å². The molecule has 6 heteroatoms. The van der Waals surface area contributed by atoms with E-state index in [0.717, 1.165) is 25.7 Å². The van der Waals surface area contributed by atoms with Crippen LogP contribution in [0.5, 0.6) is 0 Å². The summed E-state index contributed by atoms with van der Waals surface area (Å²) in [5, 5.41) is 0.0552. The van der Waals surface area contributed by atoms with Crippen LogP contribution < -0.4 is 0 Å². The summed E-state index contributed by atoms with van der Waals surface area (Å²) >= 11 is 0. The molecule has 0 radical (unpaired) electrons. The zero-order valence-electron chi connectivity index (χ0n) is 35.7. The first kappa shape index (κ1) is 50.1. The Morgan fingerprint density at radius 2 is 0.745 bits per heavy atom. The predicted molar refractivity (Wildman–Crippen MR) is 223 cm³/mol. The first-order valence-electron chi connectivity index (χ1n) is 22.5. The Bertz CT molecular complexity index is 777. The Labute approximate surface area is 320 Å². The fourth-order valence-electron chi connectivity index (χ4n) is 6.42. The van der Waals surface area contributed by atoms with Crippen molar-refractivity contribution in [1.82, 2.24) is 0 Å². The monoisotopic (exact) mass is 739 g/mol. The summed E-state index contributed by atoms with van der Waals surface area (Å²) in [5.41, 5.74) is 0. The number of rotatable bonds is 38. The van der Waals surface area contributed by atoms with Gasteiger partial charge in [0.15, 0.2) is 14.4 Å². The van der Waals surface area contributed by atoms with Crippen LogP contribution in [0.15, 0.2) is 0 Å². The molecule has 0 aromatic carbocycles. The van der Waals surface area contributed by atoms with Crippen LogP contribution in [0.25, 0.3) is 0 Å². The molecule has 51 heavy (non-hydrogen) atoms. The van der Waals surface area contributed by atoms with Crippen molar-refractivity contribution in [2.75, 3.05) is 13.2 Å². The third-order valence-electron chi connectivity index (χ3n) is 11.1. The summed E-state index contributed by atoms with van der Waals surface area (Å²) in [6.07, 6.45) is 39.4. The molecule has 0 spiro atoms. The van der Waals surface area contributed by atoms with Crippen LogP contribution in [0.4, 0.5) is 0 Å². The first-order chi connectivity index (χ1) is 24.5. The minimum atomic E-state index is -2.03. The van der Waals surface area contributed by atoms with Gasteiger partial charge < -0.3 is 13.9 Å². The van der Waals surface area contributed by atoms with Gasteiger partial charge in [-0.25, -0.2) is 0 Å². The van der Waals surface area contributed by atoms with E-state index in [4.69, 9.17) is 13.9 Å². The van der Waals surface area contributed by atoms with E-state index in [1.165, 1.54) is 167 Å². The second-order valence-corrected chi connectivity index (χ2v) is 22.1. The van der Waals surface area contributed by atoms with Crippen LogP contribution in [0.2, 0.25) is 18.1 Å². The molecule has 1 atom stereocenters. The van der Waals surface area contributed by atoms with E-state index >= 15 is 0 Å². The minimum absolute atomic E-state index is 0.0552. The van der Waals surface area contributed by atoms with E-state index < -0.39 is 14.4 Å². The van der Waals surface area contributed by atoms with Gasteiger partial charge >= 0.3 is 11.9 Å². The van der Waals surface area contributed by atoms with Crippen LogP contribution in [0, 0.1) is 0 Å². The van der Waals surface area contributed by atoms with Crippen molar-refractivity contribution in [3.05, 3.63) is 0 Å². The van der Waals surface area contributed by atoms with Crippen LogP contribution in [0.1, 0.15) is 240 Å². The summed E-state index contributed by atoms with van der Waals surface area (Å²) in [6, 6.07) is 0. The molecule has 0 heterocycles. The normalized spacial score (nSPS) is 12.7. The van der Waals surface area contributed by atoms with E-state index in [2.05, 4.69) is 47.7 Å². The summed E-state index contributed by atoms with van der Waals surface area (Å²) in [6.45, 7) is 15.9. The molecule has 0 aromatic rings. The van der Waals surface area contributed by atoms with Crippen LogP contribution in [0.3, 0.4) is 0 Å². The van der Waals surface area contributed by atoms with Gasteiger partial charge in [-0.1, -0.05) is 214 Å². The van der Waals surface area contributed by atoms with Gasteiger partial charge in [-0.05, 0) is 31.0 Å². The van der Waals surface area contributed by atoms with E-state index in [1.807, 2.05) is 0 Å². The molecule has 0 amide bonds. The second-order valence-electron chi connectivity index (χ2n) is 17.3. The lowest BCUT2D eigenvalue weighted by atomic mass is 10.0. The molecule has 1 unspecified atom stereocenters. The Morgan fingerprint density at radius 1 is 0.451 bits per heavy atom. The van der Waals surface area contributed by atoms with Crippen molar-refractivity contribution in [2.45, 2.75) is 264 Å². The second kappa shape index (κ2) is 34.9. The summed E-state index contributed by atoms with van der Waals surface area (Å²) in [7, 11) is -2.03. The van der Waals surface area contributed by atoms with E-state index in [9.17, 15) is 9.59 Å². The number of esters is 2. The standard InChI is InChI=1S/C45H90O5Si/c1-8-10-12-14-16-18-20-22-24-26-28-30-32-34-36-38-43(46)48-40-42(41-49-51(6,7)45(3,4)5)50-44(47)39-37-35-33-31-29-27-25-23-21-19-17-15-13-11-9-2/h42H,8-41H2,1-7H3. The molecule has 0 saturated heterocycles. The molecule has 0 fully saturated rings. The highest BCUT2D eigenvalue weighted by molar-refractivity contribution is 6.74. The third-order valence-corrected chi connectivity index (χ3v) is 15.6. The van der Waals surface area contributed by atoms with Gasteiger partial charge in [-0.15, -0.1) is 0 Å². The average molecular weight is 739 g/mol. The average Bonchev–Trinajstić information content (AvgIpc) is 3.08. The lowest BCUT2D eigenvalue weighted by molar-refractivity contribution is -0.161. The number of carbonyl (C=O) groups is 2. The number of hydrogen-bond donors (Lipinski definition) is 0. The van der Waals surface area contributed by atoms with Crippen molar-refractivity contribution in [3.8, 4) is 0 Å². The van der Waals surface area contributed by atoms with E-state index in [1.54, 1.807) is 0 Å². The van der Waals surface area contributed by atoms with Gasteiger partial charge in [0, 0.05) is 12.8 Å². The summed E-state index contributed by atoms with van der Waals surface area (Å²) in [4.78, 5) is 25.3. The smallest absolute Gasteiger partial charge is 0.306 e. The molecule has 0 rings (SSSR count). The maximum atomic E-state index is 12.8. The molecule has 0 N–H and O–H groups in total. The summed E-state index contributed by atoms with van der Waals surface area (Å²) in [5.74, 6) is -0.396. The quantitative estimate of drug-likeness (QED) is 0.0358. The zero-order chi connectivity index (χ0) is 37.9. The van der Waals surface area contributed by atoms with Crippen molar-refractivity contribution < 1.29 is 23.5 Å². The van der Waals surface area contributed by atoms with Crippen LogP contribution >= 0.6 is 0 Å². The highest BCUT2D eigenvalue weighted by atomic mass is 28.4. The lowest BCUT2D eigenvalue weighted by Crippen LogP contribution is -2.44. The SMILES string of the molecule is CCCCCCCCCCCCCCCCCC(=O)OCC(CO[Si](C)(C)C(C)(C)C)OC(=O)CCCCCCCCCCCCCCCCC. The Balaban J connectivity index is 4.14. The molecule has 0 aliphatic carbocycles. The van der Waals surface area contributed by atoms with Crippen molar-refractivity contribution >= 4 is 20.3 Å². The van der Waals surface area contributed by atoms with Crippen molar-refractivity contribution in [2.24, 2.45) is 0 Å². The largest absolute Gasteiger partial charge is 0.462 e. The molecular formula is C45H90O5Si. The molecule has 5 nitrogen and oxygen atoms in total. The summed E-state index contributed by atoms with van der Waals surface area (Å²) < 4.78 is 17.8. The van der Waals surface area contributed by atoms with Gasteiger partial charge in [-0.3, -0.25) is 9.59 Å². The van der Waals surface area contributed by atoms with Crippen LogP contribution in [-0.2, 0) is 23.5 Å². The molecular weight excluding hydrogens is 649 g/mol. The Hall–Kier alpha value is -0.883. The van der Waals surface area contributed by atoms with Gasteiger partial charge in [0.25, 0.3) is 0 Å². The van der Waals surface area contributed by atoms with Crippen molar-refractivity contribution in [1.29, 1.82) is 0 Å². The molecule has 0 aromatic heterocycles. The van der Waals surface area contributed by atoms with Crippen LogP contribution in [-0.4, -0.2) is 39.6 Å². The van der Waals surface area contributed by atoms with Gasteiger partial charge in [0.05, 0.1) is 6.61 Å². The number of hydrogen-bond acceptors (Lipinski definition) is 5. The number of unbranched alkanes of at least 4 members (excludes halogenated alkanes) is 28. The maximum Gasteiger partial charge on any atom is 0.306 e. The topological polar surface area (TPSA) is 61.8 Å². The van der Waals surface area contributed by atoms with E-state index in [-0.39, 0.29) is 30.2 Å².